The maximum atomic E-state index is 13.7. The molecule has 0 saturated carbocycles. The lowest BCUT2D eigenvalue weighted by Gasteiger charge is -2.37. The first-order chi connectivity index (χ1) is 17.4. The largest absolute Gasteiger partial charge is 0.497 e. The Hall–Kier alpha value is -3.54. The molecule has 4 rings (SSSR count). The topological polar surface area (TPSA) is 73.9 Å². The van der Waals surface area contributed by atoms with Crippen LogP contribution in [0.3, 0.4) is 0 Å². The molecule has 0 unspecified atom stereocenters. The number of benzene rings is 2. The van der Waals surface area contributed by atoms with Crippen LogP contribution in [0.5, 0.6) is 11.5 Å². The lowest BCUT2D eigenvalue weighted by molar-refractivity contribution is -0.144. The monoisotopic (exact) mass is 489 g/mol. The molecule has 0 spiro atoms. The van der Waals surface area contributed by atoms with E-state index in [1.807, 2.05) is 76.2 Å². The Labute approximate surface area is 213 Å². The summed E-state index contributed by atoms with van der Waals surface area (Å²) in [4.78, 5) is 27.1. The van der Waals surface area contributed by atoms with Crippen LogP contribution >= 0.6 is 0 Å². The molecule has 0 radical (unpaired) electrons. The Morgan fingerprint density at radius 3 is 2.25 bits per heavy atom. The van der Waals surface area contributed by atoms with Crippen LogP contribution in [0, 0.1) is 0 Å². The van der Waals surface area contributed by atoms with Crippen molar-refractivity contribution in [2.45, 2.75) is 64.9 Å². The van der Waals surface area contributed by atoms with E-state index in [1.165, 1.54) is 0 Å². The van der Waals surface area contributed by atoms with Crippen LogP contribution in [0.15, 0.2) is 71.1 Å². The van der Waals surface area contributed by atoms with Crippen molar-refractivity contribution in [3.63, 3.8) is 0 Å². The minimum atomic E-state index is -0.488. The standard InChI is InChI=1S/C30H35NO5/c1-6-18(3)36-30(33)27-19(4)31-25-16-22(20-8-12-23(34-5)13-9-20)17-26(32)29(25)28(27)21-10-14-24(15-11-21)35-7-2/h8-15,18,22,28,31H,6-7,16-17H2,1-5H3/t18-,22-,28-/m0/s1. The van der Waals surface area contributed by atoms with Crippen molar-refractivity contribution >= 4 is 11.8 Å². The fourth-order valence-electron chi connectivity index (χ4n) is 5.01. The van der Waals surface area contributed by atoms with Crippen LogP contribution in [-0.4, -0.2) is 31.6 Å². The van der Waals surface area contributed by atoms with Gasteiger partial charge in [-0.3, -0.25) is 4.79 Å². The lowest BCUT2D eigenvalue weighted by Crippen LogP contribution is -2.36. The van der Waals surface area contributed by atoms with Crippen molar-refractivity contribution in [3.8, 4) is 11.5 Å². The van der Waals surface area contributed by atoms with Gasteiger partial charge < -0.3 is 19.5 Å². The van der Waals surface area contributed by atoms with E-state index in [9.17, 15) is 9.59 Å². The highest BCUT2D eigenvalue weighted by Crippen LogP contribution is 2.46. The molecule has 6 heteroatoms. The Bertz CT molecular complexity index is 1180. The Morgan fingerprint density at radius 2 is 1.64 bits per heavy atom. The van der Waals surface area contributed by atoms with Gasteiger partial charge in [0.05, 0.1) is 25.4 Å². The van der Waals surface area contributed by atoms with Gasteiger partial charge in [0, 0.05) is 29.3 Å². The van der Waals surface area contributed by atoms with Crippen molar-refractivity contribution in [1.29, 1.82) is 0 Å². The van der Waals surface area contributed by atoms with Crippen molar-refractivity contribution in [1.82, 2.24) is 5.32 Å². The van der Waals surface area contributed by atoms with E-state index in [-0.39, 0.29) is 23.8 Å². The number of hydrogen-bond donors (Lipinski definition) is 1. The third-order valence-corrected chi connectivity index (χ3v) is 7.04. The minimum absolute atomic E-state index is 0.0461. The number of nitrogens with one attached hydrogen (secondary N) is 1. The molecule has 1 N–H and O–H groups in total. The van der Waals surface area contributed by atoms with Crippen molar-refractivity contribution in [2.75, 3.05) is 13.7 Å². The third kappa shape index (κ3) is 5.18. The molecule has 0 amide bonds. The molecule has 0 aromatic heterocycles. The number of methoxy groups -OCH3 is 1. The average molecular weight is 490 g/mol. The normalized spacial score (nSPS) is 20.4. The van der Waals surface area contributed by atoms with Crippen molar-refractivity contribution in [2.24, 2.45) is 0 Å². The van der Waals surface area contributed by atoms with E-state index in [0.29, 0.717) is 30.6 Å². The van der Waals surface area contributed by atoms with Gasteiger partial charge in [-0.05, 0) is 74.9 Å². The molecule has 2 aromatic rings. The number of ether oxygens (including phenoxy) is 3. The summed E-state index contributed by atoms with van der Waals surface area (Å²) in [5.41, 5.74) is 4.73. The molecule has 1 aliphatic carbocycles. The number of rotatable bonds is 8. The molecule has 1 aliphatic heterocycles. The van der Waals surface area contributed by atoms with E-state index in [0.717, 1.165) is 40.4 Å². The van der Waals surface area contributed by atoms with Gasteiger partial charge in [0.25, 0.3) is 0 Å². The van der Waals surface area contributed by atoms with Gasteiger partial charge in [0.2, 0.25) is 0 Å². The summed E-state index contributed by atoms with van der Waals surface area (Å²) in [5, 5.41) is 3.41. The molecule has 36 heavy (non-hydrogen) atoms. The quantitative estimate of drug-likeness (QED) is 0.473. The van der Waals surface area contributed by atoms with Gasteiger partial charge in [-0.2, -0.15) is 0 Å². The molecule has 0 fully saturated rings. The number of Topliss-reactive ketones (excluding diaryl/α,β-unsaturated/α-hetero) is 1. The number of carbonyl (C=O) groups is 2. The van der Waals surface area contributed by atoms with Crippen LogP contribution in [0.1, 0.15) is 69.9 Å². The Balaban J connectivity index is 1.74. The van der Waals surface area contributed by atoms with E-state index >= 15 is 0 Å². The summed E-state index contributed by atoms with van der Waals surface area (Å²) in [5.74, 6) is 0.767. The number of dihydropyridines is 1. The SMILES string of the molecule is CCOc1ccc([C@H]2C(C(=O)O[C@@H](C)CC)=C(C)NC3=C2C(=O)C[C@@H](c2ccc(OC)cc2)C3)cc1. The summed E-state index contributed by atoms with van der Waals surface area (Å²) in [7, 11) is 1.64. The second-order valence-corrected chi connectivity index (χ2v) is 9.42. The predicted molar refractivity (Wildman–Crippen MR) is 139 cm³/mol. The number of allylic oxidation sites excluding steroid dienone is 3. The van der Waals surface area contributed by atoms with Crippen LogP contribution in [0.2, 0.25) is 0 Å². The summed E-state index contributed by atoms with van der Waals surface area (Å²) >= 11 is 0. The highest BCUT2D eigenvalue weighted by Gasteiger charge is 2.41. The van der Waals surface area contributed by atoms with Gasteiger partial charge in [0.1, 0.15) is 11.5 Å². The smallest absolute Gasteiger partial charge is 0.337 e. The van der Waals surface area contributed by atoms with Gasteiger partial charge in [0.15, 0.2) is 5.78 Å². The van der Waals surface area contributed by atoms with Gasteiger partial charge in [-0.25, -0.2) is 4.79 Å². The number of esters is 1. The summed E-state index contributed by atoms with van der Waals surface area (Å²) in [6.45, 7) is 8.25. The molecular weight excluding hydrogens is 454 g/mol. The molecule has 6 nitrogen and oxygen atoms in total. The molecular formula is C30H35NO5. The molecule has 0 bridgehead atoms. The fraction of sp³-hybridized carbons (Fsp3) is 0.400. The lowest BCUT2D eigenvalue weighted by atomic mass is 9.71. The van der Waals surface area contributed by atoms with Crippen LogP contribution in [0.4, 0.5) is 0 Å². The zero-order valence-electron chi connectivity index (χ0n) is 21.7. The molecule has 3 atom stereocenters. The number of carbonyl (C=O) groups excluding carboxylic acids is 2. The second-order valence-electron chi connectivity index (χ2n) is 9.42. The van der Waals surface area contributed by atoms with E-state index in [4.69, 9.17) is 14.2 Å². The van der Waals surface area contributed by atoms with Gasteiger partial charge >= 0.3 is 5.97 Å². The predicted octanol–water partition coefficient (Wildman–Crippen LogP) is 5.80. The number of ketones is 1. The maximum absolute atomic E-state index is 13.7. The summed E-state index contributed by atoms with van der Waals surface area (Å²) in [6.07, 6.45) is 1.57. The first-order valence-corrected chi connectivity index (χ1v) is 12.7. The van der Waals surface area contributed by atoms with Crippen molar-refractivity contribution < 1.29 is 23.8 Å². The fourth-order valence-corrected chi connectivity index (χ4v) is 5.01. The Morgan fingerprint density at radius 1 is 1.00 bits per heavy atom. The maximum Gasteiger partial charge on any atom is 0.337 e. The van der Waals surface area contributed by atoms with Crippen molar-refractivity contribution in [3.05, 3.63) is 82.2 Å². The molecule has 0 saturated heterocycles. The third-order valence-electron chi connectivity index (χ3n) is 7.04. The second kappa shape index (κ2) is 11.0. The Kier molecular flexibility index (Phi) is 7.82. The molecule has 2 aliphatic rings. The van der Waals surface area contributed by atoms with Crippen LogP contribution < -0.4 is 14.8 Å². The van der Waals surface area contributed by atoms with E-state index in [1.54, 1.807) is 7.11 Å². The summed E-state index contributed by atoms with van der Waals surface area (Å²) in [6, 6.07) is 15.6. The molecule has 190 valence electrons. The molecule has 1 heterocycles. The number of hydrogen-bond acceptors (Lipinski definition) is 6. The zero-order chi connectivity index (χ0) is 25.8. The van der Waals surface area contributed by atoms with E-state index in [2.05, 4.69) is 5.32 Å². The first-order valence-electron chi connectivity index (χ1n) is 12.7. The van der Waals surface area contributed by atoms with Crippen LogP contribution in [-0.2, 0) is 14.3 Å². The molecule has 2 aromatic carbocycles. The first kappa shape index (κ1) is 25.5. The summed E-state index contributed by atoms with van der Waals surface area (Å²) < 4.78 is 16.6. The van der Waals surface area contributed by atoms with Gasteiger partial charge in [-0.1, -0.05) is 31.2 Å². The van der Waals surface area contributed by atoms with E-state index < -0.39 is 5.92 Å². The minimum Gasteiger partial charge on any atom is -0.497 e. The highest BCUT2D eigenvalue weighted by molar-refractivity contribution is 6.04. The average Bonchev–Trinajstić information content (AvgIpc) is 2.88. The van der Waals surface area contributed by atoms with Gasteiger partial charge in [-0.15, -0.1) is 0 Å². The highest BCUT2D eigenvalue weighted by atomic mass is 16.5. The zero-order valence-corrected chi connectivity index (χ0v) is 21.7. The van der Waals surface area contributed by atoms with Crippen LogP contribution in [0.25, 0.3) is 0 Å².